The number of likely N-dealkylation sites (tertiary alicyclic amines) is 1. The number of piperidine rings is 2. The molecule has 7 rings (SSSR count). The fourth-order valence-electron chi connectivity index (χ4n) is 8.65. The first-order valence-corrected chi connectivity index (χ1v) is 18.3. The molecule has 3 fully saturated rings. The van der Waals surface area contributed by atoms with Crippen molar-refractivity contribution in [2.24, 2.45) is 0 Å². The van der Waals surface area contributed by atoms with E-state index in [1.165, 1.54) is 16.5 Å². The molecule has 0 spiro atoms. The fraction of sp³-hybridized carbons (Fsp3) is 0.444. The first-order valence-electron chi connectivity index (χ1n) is 16.8. The van der Waals surface area contributed by atoms with Crippen LogP contribution < -0.4 is 4.89 Å². The fourth-order valence-corrected chi connectivity index (χ4v) is 9.55. The molecule has 2 bridgehead atoms. The van der Waals surface area contributed by atoms with Gasteiger partial charge in [-0.05, 0) is 99.7 Å². The molecule has 260 valence electrons. The number of rotatable bonds is 9. The summed E-state index contributed by atoms with van der Waals surface area (Å²) in [5.41, 5.74) is 2.09. The molecule has 4 aromatic rings. The molecule has 1 amide bonds. The molecule has 1 N–H and O–H groups in total. The molecule has 49 heavy (non-hydrogen) atoms. The number of imidazole rings is 1. The second-order valence-electron chi connectivity index (χ2n) is 13.7. The third-order valence-electron chi connectivity index (χ3n) is 11.0. The van der Waals surface area contributed by atoms with E-state index in [-0.39, 0.29) is 18.9 Å². The van der Waals surface area contributed by atoms with Gasteiger partial charge in [0.15, 0.2) is 0 Å². The van der Waals surface area contributed by atoms with E-state index >= 15 is 0 Å². The Balaban J connectivity index is 1.09. The van der Waals surface area contributed by atoms with E-state index in [4.69, 9.17) is 4.98 Å². The van der Waals surface area contributed by atoms with Crippen molar-refractivity contribution >= 4 is 27.0 Å². The predicted octanol–water partition coefficient (Wildman–Crippen LogP) is 6.03. The van der Waals surface area contributed by atoms with Crippen LogP contribution in [0.5, 0.6) is 0 Å². The highest BCUT2D eigenvalue weighted by Crippen LogP contribution is 2.45. The van der Waals surface area contributed by atoms with E-state index in [1.807, 2.05) is 12.1 Å². The van der Waals surface area contributed by atoms with E-state index in [0.717, 1.165) is 62.7 Å². The lowest BCUT2D eigenvalue weighted by molar-refractivity contribution is 0.0602. The van der Waals surface area contributed by atoms with Gasteiger partial charge in [0.05, 0.1) is 23.7 Å². The van der Waals surface area contributed by atoms with Crippen LogP contribution in [0.3, 0.4) is 0 Å². The number of benzene rings is 3. The second-order valence-corrected chi connectivity index (χ2v) is 15.3. The molecule has 3 aliphatic heterocycles. The maximum Gasteiger partial charge on any atom is 0.265 e. The van der Waals surface area contributed by atoms with Gasteiger partial charge in [-0.3, -0.25) is 14.5 Å². The number of carbonyl (C=O) groups is 1. The Morgan fingerprint density at radius 3 is 2.37 bits per heavy atom. The summed E-state index contributed by atoms with van der Waals surface area (Å²) in [6.45, 7) is 3.40. The molecular formula is C36H40F3N5O4S. The lowest BCUT2D eigenvalue weighted by Crippen LogP contribution is -2.49. The van der Waals surface area contributed by atoms with E-state index in [1.54, 1.807) is 17.0 Å². The Morgan fingerprint density at radius 1 is 0.959 bits per heavy atom. The van der Waals surface area contributed by atoms with Crippen molar-refractivity contribution in [1.29, 1.82) is 0 Å². The molecule has 3 aromatic carbocycles. The minimum atomic E-state index is -4.48. The van der Waals surface area contributed by atoms with Gasteiger partial charge in [0, 0.05) is 37.3 Å². The maximum atomic E-state index is 14.9. The van der Waals surface area contributed by atoms with Gasteiger partial charge in [-0.1, -0.05) is 29.2 Å². The summed E-state index contributed by atoms with van der Waals surface area (Å²) < 4.78 is 71.2. The van der Waals surface area contributed by atoms with Crippen molar-refractivity contribution in [3.8, 4) is 0 Å². The Bertz CT molecular complexity index is 1980. The minimum absolute atomic E-state index is 0.243. The normalized spacial score (nSPS) is 22.6. The van der Waals surface area contributed by atoms with Gasteiger partial charge >= 0.3 is 0 Å². The van der Waals surface area contributed by atoms with Crippen molar-refractivity contribution in [1.82, 2.24) is 24.2 Å². The summed E-state index contributed by atoms with van der Waals surface area (Å²) in [6.07, 6.45) is 6.10. The van der Waals surface area contributed by atoms with Gasteiger partial charge in [0.2, 0.25) is 0 Å². The molecule has 0 radical (unpaired) electrons. The molecule has 0 saturated carbocycles. The third-order valence-corrected chi connectivity index (χ3v) is 12.3. The first kappa shape index (κ1) is 33.7. The number of sulfonamides is 1. The monoisotopic (exact) mass is 695 g/mol. The van der Waals surface area contributed by atoms with Crippen LogP contribution in [0.15, 0.2) is 65.6 Å². The summed E-state index contributed by atoms with van der Waals surface area (Å²) in [6, 6.07) is 17.3. The van der Waals surface area contributed by atoms with Crippen LogP contribution in [0.2, 0.25) is 0 Å². The summed E-state index contributed by atoms with van der Waals surface area (Å²) in [7, 11) is -3.44. The van der Waals surface area contributed by atoms with Gasteiger partial charge in [0.25, 0.3) is 15.9 Å². The molecule has 3 aliphatic rings. The third kappa shape index (κ3) is 6.26. The number of hydrogen-bond donors (Lipinski definition) is 1. The Labute approximate surface area is 284 Å². The summed E-state index contributed by atoms with van der Waals surface area (Å²) >= 11 is 0. The Kier molecular flexibility index (Phi) is 9.05. The average molecular weight is 696 g/mol. The first-order chi connectivity index (χ1) is 23.5. The Morgan fingerprint density at radius 2 is 1.67 bits per heavy atom. The number of nitrogens with zero attached hydrogens (tertiary/aromatic N) is 4. The van der Waals surface area contributed by atoms with E-state index in [0.29, 0.717) is 43.1 Å². The zero-order valence-electron chi connectivity index (χ0n) is 27.5. The van der Waals surface area contributed by atoms with Gasteiger partial charge < -0.3 is 9.47 Å². The summed E-state index contributed by atoms with van der Waals surface area (Å²) in [5, 5.41) is 0. The van der Waals surface area contributed by atoms with Crippen molar-refractivity contribution in [2.75, 3.05) is 26.7 Å². The highest BCUT2D eigenvalue weighted by molar-refractivity contribution is 7.89. The van der Waals surface area contributed by atoms with Crippen LogP contribution >= 0.6 is 0 Å². The van der Waals surface area contributed by atoms with Crippen LogP contribution in [0.4, 0.5) is 13.2 Å². The van der Waals surface area contributed by atoms with Crippen molar-refractivity contribution in [3.63, 3.8) is 0 Å². The summed E-state index contributed by atoms with van der Waals surface area (Å²) in [5.74, 6) is -2.52. The number of halogens is 3. The smallest absolute Gasteiger partial charge is 0.265 e. The molecule has 3 atom stereocenters. The highest BCUT2D eigenvalue weighted by Gasteiger charge is 2.44. The predicted molar refractivity (Wildman–Crippen MR) is 178 cm³/mol. The molecule has 9 nitrogen and oxygen atoms in total. The number of aryl methyl sites for hydroxylation is 1. The zero-order valence-corrected chi connectivity index (χ0v) is 28.4. The van der Waals surface area contributed by atoms with Crippen LogP contribution in [-0.4, -0.2) is 72.5 Å². The lowest BCUT2D eigenvalue weighted by Gasteiger charge is -2.45. The summed E-state index contributed by atoms with van der Waals surface area (Å²) in [4.78, 5) is 27.7. The number of carbonyl (C=O) groups excluding carboxylic acids is 1. The average Bonchev–Trinajstić information content (AvgIpc) is 3.53. The van der Waals surface area contributed by atoms with Crippen LogP contribution in [-0.2, 0) is 20.3 Å². The molecule has 13 heteroatoms. The van der Waals surface area contributed by atoms with Crippen LogP contribution in [0.1, 0.15) is 72.7 Å². The maximum absolute atomic E-state index is 14.9. The quantitative estimate of drug-likeness (QED) is 0.215. The standard InChI is InChI=1S/C36H40F3N5O4S/c1-23-40-32-8-3-4-9-33(32)44(23)28-19-26-10-11-27(20-28)43(26)17-14-36(24-6-5-7-25(37)18-24)12-15-42(16-13-36)35(45)29-21-34(31(39)22-30(29)38)49(46,47)41-48-2/h3-9,18,21-22,26-28,41H,10-17,19-20H2,1-2H3/t26-,27+,28+. The largest absolute Gasteiger partial charge is 0.338 e. The molecule has 0 unspecified atom stereocenters. The number of amides is 1. The molecule has 3 saturated heterocycles. The zero-order chi connectivity index (χ0) is 34.5. The number of hydrogen-bond acceptors (Lipinski definition) is 6. The molecular weight excluding hydrogens is 655 g/mol. The van der Waals surface area contributed by atoms with Crippen LogP contribution in [0.25, 0.3) is 11.0 Å². The van der Waals surface area contributed by atoms with Crippen molar-refractivity contribution < 1.29 is 31.2 Å². The van der Waals surface area contributed by atoms with Gasteiger partial charge in [-0.15, -0.1) is 0 Å². The van der Waals surface area contributed by atoms with E-state index in [2.05, 4.69) is 39.4 Å². The number of nitrogens with one attached hydrogen (secondary N) is 1. The van der Waals surface area contributed by atoms with E-state index < -0.39 is 43.4 Å². The minimum Gasteiger partial charge on any atom is -0.338 e. The molecule has 1 aromatic heterocycles. The lowest BCUT2D eigenvalue weighted by atomic mass is 9.70. The van der Waals surface area contributed by atoms with Crippen molar-refractivity contribution in [3.05, 3.63) is 95.1 Å². The topological polar surface area (TPSA) is 96.8 Å². The SMILES string of the molecule is CONS(=O)(=O)c1cc(C(=O)N2CCC(CCN3[C@@H]4CC[C@H]3C[C@@H](n3c(C)nc5ccccc53)C4)(c3cccc(F)c3)CC2)c(F)cc1F. The number of fused-ring (bicyclic) bond motifs is 3. The number of aromatic nitrogens is 2. The highest BCUT2D eigenvalue weighted by atomic mass is 32.2. The van der Waals surface area contributed by atoms with Gasteiger partial charge in [-0.2, -0.15) is 0 Å². The number of para-hydroxylation sites is 2. The van der Waals surface area contributed by atoms with Gasteiger partial charge in [-0.25, -0.2) is 26.6 Å². The molecule has 4 heterocycles. The second kappa shape index (κ2) is 13.2. The van der Waals surface area contributed by atoms with Gasteiger partial charge in [0.1, 0.15) is 28.2 Å². The van der Waals surface area contributed by atoms with E-state index in [9.17, 15) is 26.4 Å². The van der Waals surface area contributed by atoms with Crippen molar-refractivity contribution in [2.45, 2.75) is 80.3 Å². The molecule has 0 aliphatic carbocycles. The van der Waals surface area contributed by atoms with Crippen LogP contribution in [0, 0.1) is 24.4 Å². The Hall–Kier alpha value is -3.78.